The minimum Gasteiger partial charge on any atom is -0.507 e. The highest BCUT2D eigenvalue weighted by molar-refractivity contribution is 6.09. The topological polar surface area (TPSA) is 95.6 Å². The number of nitrogens with two attached hydrogens (primary N) is 1. The normalized spacial score (nSPS) is 10.3. The monoisotopic (exact) mass is 272 g/mol. The first-order valence-electron chi connectivity index (χ1n) is 6.09. The number of hydrogen-bond donors (Lipinski definition) is 4. The molecule has 5 nitrogen and oxygen atoms in total. The van der Waals surface area contributed by atoms with Gasteiger partial charge in [0.15, 0.2) is 0 Å². The summed E-state index contributed by atoms with van der Waals surface area (Å²) in [5.74, 6) is -1.19. The second kappa shape index (κ2) is 5.13. The number of phenols is 2. The Hall–Kier alpha value is -2.69. The van der Waals surface area contributed by atoms with Crippen LogP contribution < -0.4 is 11.1 Å². The van der Waals surface area contributed by atoms with Crippen molar-refractivity contribution in [3.8, 4) is 11.5 Å². The number of nitrogen functional groups attached to an aromatic ring is 1. The highest BCUT2D eigenvalue weighted by Crippen LogP contribution is 2.29. The van der Waals surface area contributed by atoms with Crippen molar-refractivity contribution in [2.24, 2.45) is 0 Å². The Kier molecular flexibility index (Phi) is 3.52. The Morgan fingerprint density at radius 3 is 2.25 bits per heavy atom. The van der Waals surface area contributed by atoms with Gasteiger partial charge in [-0.05, 0) is 49.2 Å². The number of aromatic hydroxyl groups is 2. The Morgan fingerprint density at radius 1 is 1.10 bits per heavy atom. The number of hydrogen-bond acceptors (Lipinski definition) is 4. The first kappa shape index (κ1) is 13.7. The Labute approximate surface area is 116 Å². The lowest BCUT2D eigenvalue weighted by Gasteiger charge is -2.12. The van der Waals surface area contributed by atoms with Gasteiger partial charge in [0.1, 0.15) is 17.1 Å². The summed E-state index contributed by atoms with van der Waals surface area (Å²) < 4.78 is 0. The molecule has 0 atom stereocenters. The Balaban J connectivity index is 2.35. The van der Waals surface area contributed by atoms with E-state index in [1.807, 2.05) is 13.8 Å². The van der Waals surface area contributed by atoms with E-state index in [4.69, 9.17) is 5.73 Å². The van der Waals surface area contributed by atoms with Gasteiger partial charge in [-0.1, -0.05) is 6.07 Å². The molecule has 0 spiro atoms. The van der Waals surface area contributed by atoms with Crippen molar-refractivity contribution >= 4 is 17.3 Å². The molecule has 0 fully saturated rings. The van der Waals surface area contributed by atoms with Gasteiger partial charge in [0.05, 0.1) is 11.4 Å². The van der Waals surface area contributed by atoms with E-state index in [-0.39, 0.29) is 17.1 Å². The lowest BCUT2D eigenvalue weighted by atomic mass is 10.1. The molecular weight excluding hydrogens is 256 g/mol. The van der Waals surface area contributed by atoms with Crippen molar-refractivity contribution < 1.29 is 15.0 Å². The molecule has 0 radical (unpaired) electrons. The summed E-state index contributed by atoms with van der Waals surface area (Å²) >= 11 is 0. The van der Waals surface area contributed by atoms with E-state index in [1.54, 1.807) is 12.1 Å². The lowest BCUT2D eigenvalue weighted by molar-refractivity contribution is 0.102. The second-order valence-corrected chi connectivity index (χ2v) is 4.65. The average molecular weight is 272 g/mol. The third-order valence-electron chi connectivity index (χ3n) is 3.16. The van der Waals surface area contributed by atoms with Crippen LogP contribution in [-0.4, -0.2) is 16.1 Å². The van der Waals surface area contributed by atoms with Crippen LogP contribution in [-0.2, 0) is 0 Å². The van der Waals surface area contributed by atoms with Crippen LogP contribution in [0.1, 0.15) is 21.5 Å². The van der Waals surface area contributed by atoms with Crippen molar-refractivity contribution in [1.82, 2.24) is 0 Å². The predicted molar refractivity (Wildman–Crippen MR) is 78.1 cm³/mol. The van der Waals surface area contributed by atoms with E-state index < -0.39 is 5.91 Å². The van der Waals surface area contributed by atoms with Crippen molar-refractivity contribution in [2.75, 3.05) is 11.1 Å². The van der Waals surface area contributed by atoms with Gasteiger partial charge in [0.2, 0.25) is 0 Å². The molecule has 5 heteroatoms. The molecule has 2 rings (SSSR count). The number of rotatable bonds is 2. The van der Waals surface area contributed by atoms with Crippen LogP contribution in [0.15, 0.2) is 30.3 Å². The van der Waals surface area contributed by atoms with Gasteiger partial charge in [0, 0.05) is 0 Å². The van der Waals surface area contributed by atoms with Crippen molar-refractivity contribution in [3.05, 3.63) is 47.0 Å². The SMILES string of the molecule is Cc1cc(N)c(NC(=O)c2c(O)cccc2O)cc1C. The fourth-order valence-corrected chi connectivity index (χ4v) is 1.89. The average Bonchev–Trinajstić information content (AvgIpc) is 2.35. The number of anilines is 2. The van der Waals surface area contributed by atoms with Crippen LogP contribution in [0.4, 0.5) is 11.4 Å². The zero-order chi connectivity index (χ0) is 14.9. The van der Waals surface area contributed by atoms with Gasteiger partial charge in [-0.15, -0.1) is 0 Å². The van der Waals surface area contributed by atoms with Gasteiger partial charge < -0.3 is 21.3 Å². The summed E-state index contributed by atoms with van der Waals surface area (Å²) in [5.41, 5.74) is 8.55. The van der Waals surface area contributed by atoms with Crippen molar-refractivity contribution in [3.63, 3.8) is 0 Å². The first-order chi connectivity index (χ1) is 9.40. The highest BCUT2D eigenvalue weighted by Gasteiger charge is 2.17. The Morgan fingerprint density at radius 2 is 1.65 bits per heavy atom. The quantitative estimate of drug-likeness (QED) is 0.632. The molecule has 5 N–H and O–H groups in total. The largest absolute Gasteiger partial charge is 0.507 e. The third kappa shape index (κ3) is 2.51. The molecule has 0 saturated carbocycles. The molecule has 0 bridgehead atoms. The molecule has 2 aromatic rings. The van der Waals surface area contributed by atoms with E-state index in [0.29, 0.717) is 11.4 Å². The summed E-state index contributed by atoms with van der Waals surface area (Å²) in [6.07, 6.45) is 0. The maximum atomic E-state index is 12.1. The number of phenolic OH excluding ortho intramolecular Hbond substituents is 2. The predicted octanol–water partition coefficient (Wildman–Crippen LogP) is 2.55. The summed E-state index contributed by atoms with van der Waals surface area (Å²) in [6.45, 7) is 3.83. The molecule has 2 aromatic carbocycles. The van der Waals surface area contributed by atoms with E-state index in [9.17, 15) is 15.0 Å². The number of carbonyl (C=O) groups is 1. The van der Waals surface area contributed by atoms with Crippen LogP contribution in [0.25, 0.3) is 0 Å². The van der Waals surface area contributed by atoms with E-state index in [2.05, 4.69) is 5.32 Å². The smallest absolute Gasteiger partial charge is 0.263 e. The molecule has 0 aliphatic carbocycles. The van der Waals surface area contributed by atoms with Crippen LogP contribution in [0.2, 0.25) is 0 Å². The maximum Gasteiger partial charge on any atom is 0.263 e. The molecule has 0 heterocycles. The molecule has 0 aliphatic rings. The molecule has 0 aromatic heterocycles. The van der Waals surface area contributed by atoms with Crippen LogP contribution >= 0.6 is 0 Å². The fourth-order valence-electron chi connectivity index (χ4n) is 1.89. The van der Waals surface area contributed by atoms with E-state index in [1.165, 1.54) is 18.2 Å². The second-order valence-electron chi connectivity index (χ2n) is 4.65. The summed E-state index contributed by atoms with van der Waals surface area (Å²) in [5, 5.41) is 21.9. The van der Waals surface area contributed by atoms with Crippen molar-refractivity contribution in [2.45, 2.75) is 13.8 Å². The maximum absolute atomic E-state index is 12.1. The third-order valence-corrected chi connectivity index (χ3v) is 3.16. The minimum absolute atomic E-state index is 0.176. The molecule has 1 amide bonds. The molecule has 0 unspecified atom stereocenters. The standard InChI is InChI=1S/C15H16N2O3/c1-8-6-10(16)11(7-9(8)2)17-15(20)14-12(18)4-3-5-13(14)19/h3-7,18-19H,16H2,1-2H3,(H,17,20). The molecule has 104 valence electrons. The summed E-state index contributed by atoms with van der Waals surface area (Å²) in [6, 6.07) is 7.62. The first-order valence-corrected chi connectivity index (χ1v) is 6.09. The zero-order valence-corrected chi connectivity index (χ0v) is 11.3. The zero-order valence-electron chi connectivity index (χ0n) is 11.3. The van der Waals surface area contributed by atoms with Gasteiger partial charge in [-0.3, -0.25) is 4.79 Å². The minimum atomic E-state index is -0.615. The molecule has 0 saturated heterocycles. The summed E-state index contributed by atoms with van der Waals surface area (Å²) in [4.78, 5) is 12.1. The number of amides is 1. The molecular formula is C15H16N2O3. The number of aryl methyl sites for hydroxylation is 2. The fraction of sp³-hybridized carbons (Fsp3) is 0.133. The van der Waals surface area contributed by atoms with Crippen LogP contribution in [0, 0.1) is 13.8 Å². The highest BCUT2D eigenvalue weighted by atomic mass is 16.3. The van der Waals surface area contributed by atoms with Gasteiger partial charge >= 0.3 is 0 Å². The Bertz CT molecular complexity index is 661. The van der Waals surface area contributed by atoms with Gasteiger partial charge in [-0.25, -0.2) is 0 Å². The number of carbonyl (C=O) groups excluding carboxylic acids is 1. The number of nitrogens with one attached hydrogen (secondary N) is 1. The van der Waals surface area contributed by atoms with Gasteiger partial charge in [0.25, 0.3) is 5.91 Å². The summed E-state index contributed by atoms with van der Waals surface area (Å²) in [7, 11) is 0. The van der Waals surface area contributed by atoms with E-state index in [0.717, 1.165) is 11.1 Å². The van der Waals surface area contributed by atoms with Gasteiger partial charge in [-0.2, -0.15) is 0 Å². The van der Waals surface area contributed by atoms with Crippen LogP contribution in [0.5, 0.6) is 11.5 Å². The van der Waals surface area contributed by atoms with Crippen molar-refractivity contribution in [1.29, 1.82) is 0 Å². The lowest BCUT2D eigenvalue weighted by Crippen LogP contribution is -2.14. The number of benzene rings is 2. The van der Waals surface area contributed by atoms with E-state index >= 15 is 0 Å². The molecule has 20 heavy (non-hydrogen) atoms. The van der Waals surface area contributed by atoms with Crippen LogP contribution in [0.3, 0.4) is 0 Å². The molecule has 0 aliphatic heterocycles.